The molecule has 2 N–H and O–H groups in total. The number of rotatable bonds is 4. The molecule has 12 heavy (non-hydrogen) atoms. The van der Waals surface area contributed by atoms with Crippen LogP contribution in [0.3, 0.4) is 0 Å². The third kappa shape index (κ3) is 1.86. The molecule has 1 fully saturated rings. The Balaban J connectivity index is 2.32. The van der Waals surface area contributed by atoms with E-state index >= 15 is 0 Å². The van der Waals surface area contributed by atoms with Gasteiger partial charge in [0, 0.05) is 24.8 Å². The Labute approximate surface area is 73.5 Å². The van der Waals surface area contributed by atoms with E-state index in [2.05, 4.69) is 11.8 Å². The Kier molecular flexibility index (Phi) is 2.88. The van der Waals surface area contributed by atoms with Gasteiger partial charge in [0.25, 0.3) is 0 Å². The summed E-state index contributed by atoms with van der Waals surface area (Å²) in [6.07, 6.45) is 3.25. The zero-order chi connectivity index (χ0) is 9.03. The molecule has 1 saturated carbocycles. The minimum atomic E-state index is -0.130. The summed E-state index contributed by atoms with van der Waals surface area (Å²) >= 11 is 0. The Morgan fingerprint density at radius 2 is 2.25 bits per heavy atom. The lowest BCUT2D eigenvalue weighted by atomic mass is 9.98. The molecule has 1 aliphatic carbocycles. The first-order valence-corrected chi connectivity index (χ1v) is 4.38. The largest absolute Gasteiger partial charge is 0.329 e. The molecule has 0 saturated heterocycles. The van der Waals surface area contributed by atoms with Crippen molar-refractivity contribution in [3.8, 4) is 11.8 Å². The minimum absolute atomic E-state index is 0.130. The molecule has 0 heterocycles. The smallest absolute Gasteiger partial charge is 0.141 e. The fourth-order valence-electron chi connectivity index (χ4n) is 1.31. The van der Waals surface area contributed by atoms with E-state index < -0.39 is 0 Å². The first-order chi connectivity index (χ1) is 5.75. The van der Waals surface area contributed by atoms with Crippen molar-refractivity contribution in [3.05, 3.63) is 0 Å². The van der Waals surface area contributed by atoms with Crippen LogP contribution in [-0.4, -0.2) is 12.3 Å². The van der Waals surface area contributed by atoms with Crippen LogP contribution < -0.4 is 5.73 Å². The Hall–Kier alpha value is -0.810. The van der Waals surface area contributed by atoms with Gasteiger partial charge in [-0.3, -0.25) is 4.79 Å². The second-order valence-electron chi connectivity index (χ2n) is 3.33. The summed E-state index contributed by atoms with van der Waals surface area (Å²) in [5.74, 6) is 5.98. The lowest BCUT2D eigenvalue weighted by molar-refractivity contribution is -0.123. The van der Waals surface area contributed by atoms with Crippen molar-refractivity contribution in [2.75, 3.05) is 6.54 Å². The zero-order valence-electron chi connectivity index (χ0n) is 7.52. The van der Waals surface area contributed by atoms with Crippen molar-refractivity contribution >= 4 is 5.78 Å². The number of hydrogen-bond acceptors (Lipinski definition) is 2. The highest BCUT2D eigenvalue weighted by Crippen LogP contribution is 2.46. The number of hydrogen-bond donors (Lipinski definition) is 1. The number of carbonyl (C=O) groups is 1. The second-order valence-corrected chi connectivity index (χ2v) is 3.33. The van der Waals surface area contributed by atoms with Gasteiger partial charge in [0.15, 0.2) is 0 Å². The number of nitrogens with two attached hydrogens (primary N) is 1. The van der Waals surface area contributed by atoms with E-state index in [9.17, 15) is 4.79 Å². The van der Waals surface area contributed by atoms with Crippen molar-refractivity contribution in [1.82, 2.24) is 0 Å². The van der Waals surface area contributed by atoms with E-state index in [1.807, 2.05) is 0 Å². The predicted octanol–water partition coefficient (Wildman–Crippen LogP) is 1.10. The van der Waals surface area contributed by atoms with Gasteiger partial charge < -0.3 is 5.73 Å². The molecule has 2 heteroatoms. The number of Topliss-reactive ketones (excluding diaryl/α,β-unsaturated/α-hetero) is 1. The molecule has 0 unspecified atom stereocenters. The van der Waals surface area contributed by atoms with Gasteiger partial charge in [0.05, 0.1) is 0 Å². The predicted molar refractivity (Wildman–Crippen MR) is 48.4 cm³/mol. The van der Waals surface area contributed by atoms with Crippen LogP contribution >= 0.6 is 0 Å². The lowest BCUT2D eigenvalue weighted by Crippen LogP contribution is -2.24. The Morgan fingerprint density at radius 1 is 1.58 bits per heavy atom. The van der Waals surface area contributed by atoms with E-state index in [0.29, 0.717) is 25.2 Å². The van der Waals surface area contributed by atoms with Crippen LogP contribution in [0.2, 0.25) is 0 Å². The number of ketones is 1. The standard InChI is InChI=1S/C10H15NO/c1-2-3-4-5-9(12)10(8-11)6-7-10/h4-8,11H2,1H3. The molecule has 0 bridgehead atoms. The molecule has 0 atom stereocenters. The van der Waals surface area contributed by atoms with Gasteiger partial charge in [-0.05, 0) is 19.8 Å². The molecule has 0 aromatic rings. The summed E-state index contributed by atoms with van der Waals surface area (Å²) in [7, 11) is 0. The van der Waals surface area contributed by atoms with Crippen LogP contribution in [-0.2, 0) is 4.79 Å². The maximum atomic E-state index is 11.5. The van der Waals surface area contributed by atoms with Crippen LogP contribution in [0, 0.1) is 17.3 Å². The molecule has 0 radical (unpaired) electrons. The van der Waals surface area contributed by atoms with Gasteiger partial charge in [-0.1, -0.05) is 0 Å². The quantitative estimate of drug-likeness (QED) is 0.634. The SMILES string of the molecule is CC#CCCC(=O)C1(CN)CC1. The van der Waals surface area contributed by atoms with E-state index in [-0.39, 0.29) is 5.41 Å². The van der Waals surface area contributed by atoms with Crippen molar-refractivity contribution in [3.63, 3.8) is 0 Å². The fourth-order valence-corrected chi connectivity index (χ4v) is 1.31. The first-order valence-electron chi connectivity index (χ1n) is 4.38. The summed E-state index contributed by atoms with van der Waals surface area (Å²) in [6.45, 7) is 2.31. The maximum absolute atomic E-state index is 11.5. The Morgan fingerprint density at radius 3 is 2.67 bits per heavy atom. The molecule has 0 aromatic heterocycles. The highest BCUT2D eigenvalue weighted by Gasteiger charge is 2.47. The highest BCUT2D eigenvalue weighted by atomic mass is 16.1. The van der Waals surface area contributed by atoms with Gasteiger partial charge in [-0.25, -0.2) is 0 Å². The zero-order valence-corrected chi connectivity index (χ0v) is 7.52. The molecule has 0 aliphatic heterocycles. The van der Waals surface area contributed by atoms with Crippen molar-refractivity contribution < 1.29 is 4.79 Å². The summed E-state index contributed by atoms with van der Waals surface area (Å²) in [6, 6.07) is 0. The van der Waals surface area contributed by atoms with Gasteiger partial charge in [0.2, 0.25) is 0 Å². The molecular weight excluding hydrogens is 150 g/mol. The monoisotopic (exact) mass is 165 g/mol. The van der Waals surface area contributed by atoms with Gasteiger partial charge in [0.1, 0.15) is 5.78 Å². The molecule has 0 aromatic carbocycles. The van der Waals surface area contributed by atoms with Crippen LogP contribution in [0.1, 0.15) is 32.6 Å². The Bertz CT molecular complexity index is 230. The van der Waals surface area contributed by atoms with Gasteiger partial charge in [-0.2, -0.15) is 0 Å². The van der Waals surface area contributed by atoms with E-state index in [0.717, 1.165) is 12.8 Å². The van der Waals surface area contributed by atoms with Crippen molar-refractivity contribution in [1.29, 1.82) is 0 Å². The summed E-state index contributed by atoms with van der Waals surface area (Å²) in [5, 5.41) is 0. The van der Waals surface area contributed by atoms with E-state index in [1.54, 1.807) is 6.92 Å². The van der Waals surface area contributed by atoms with Crippen molar-refractivity contribution in [2.45, 2.75) is 32.6 Å². The van der Waals surface area contributed by atoms with E-state index in [4.69, 9.17) is 5.73 Å². The molecule has 1 aliphatic rings. The molecule has 66 valence electrons. The summed E-state index contributed by atoms with van der Waals surface area (Å²) < 4.78 is 0. The van der Waals surface area contributed by atoms with Crippen LogP contribution in [0.4, 0.5) is 0 Å². The number of carbonyl (C=O) groups excluding carboxylic acids is 1. The highest BCUT2D eigenvalue weighted by molar-refractivity contribution is 5.87. The first kappa shape index (κ1) is 9.28. The summed E-state index contributed by atoms with van der Waals surface area (Å²) in [4.78, 5) is 11.5. The molecular formula is C10H15NO. The minimum Gasteiger partial charge on any atom is -0.329 e. The molecule has 0 spiro atoms. The average molecular weight is 165 g/mol. The van der Waals surface area contributed by atoms with Crippen LogP contribution in [0.15, 0.2) is 0 Å². The molecule has 2 nitrogen and oxygen atoms in total. The van der Waals surface area contributed by atoms with E-state index in [1.165, 1.54) is 0 Å². The third-order valence-corrected chi connectivity index (χ3v) is 2.49. The molecule has 1 rings (SSSR count). The topological polar surface area (TPSA) is 43.1 Å². The average Bonchev–Trinajstić information content (AvgIpc) is 2.85. The fraction of sp³-hybridized carbons (Fsp3) is 0.700. The van der Waals surface area contributed by atoms with Crippen LogP contribution in [0.25, 0.3) is 0 Å². The summed E-state index contributed by atoms with van der Waals surface area (Å²) in [5.41, 5.74) is 5.39. The third-order valence-electron chi connectivity index (χ3n) is 2.49. The van der Waals surface area contributed by atoms with Crippen molar-refractivity contribution in [2.24, 2.45) is 11.1 Å². The van der Waals surface area contributed by atoms with Gasteiger partial charge in [-0.15, -0.1) is 11.8 Å². The lowest BCUT2D eigenvalue weighted by Gasteiger charge is -2.08. The second kappa shape index (κ2) is 3.73. The van der Waals surface area contributed by atoms with Gasteiger partial charge >= 0.3 is 0 Å². The molecule has 0 amide bonds. The van der Waals surface area contributed by atoms with Crippen LogP contribution in [0.5, 0.6) is 0 Å². The maximum Gasteiger partial charge on any atom is 0.141 e. The normalized spacial score (nSPS) is 17.8.